The topological polar surface area (TPSA) is 82.4 Å². The van der Waals surface area contributed by atoms with E-state index in [9.17, 15) is 14.0 Å². The first kappa shape index (κ1) is 18.4. The second-order valence-corrected chi connectivity index (χ2v) is 6.14. The number of nitriles is 1. The molecule has 1 N–H and O–H groups in total. The summed E-state index contributed by atoms with van der Waals surface area (Å²) in [4.78, 5) is 26.4. The van der Waals surface area contributed by atoms with E-state index in [1.54, 1.807) is 31.2 Å². The van der Waals surface area contributed by atoms with Crippen LogP contribution in [0.4, 0.5) is 9.18 Å². The summed E-state index contributed by atoms with van der Waals surface area (Å²) in [5.41, 5.74) is -0.204. The van der Waals surface area contributed by atoms with Crippen LogP contribution >= 0.6 is 0 Å². The van der Waals surface area contributed by atoms with Gasteiger partial charge in [0.1, 0.15) is 23.7 Å². The van der Waals surface area contributed by atoms with Gasteiger partial charge in [0.25, 0.3) is 5.91 Å². The molecule has 1 fully saturated rings. The fourth-order valence-electron chi connectivity index (χ4n) is 3.11. The van der Waals surface area contributed by atoms with Crippen molar-refractivity contribution in [2.24, 2.45) is 0 Å². The van der Waals surface area contributed by atoms with Crippen LogP contribution in [0.2, 0.25) is 0 Å². The predicted molar refractivity (Wildman–Crippen MR) is 95.3 cm³/mol. The van der Waals surface area contributed by atoms with Crippen molar-refractivity contribution in [3.63, 3.8) is 0 Å². The van der Waals surface area contributed by atoms with Crippen molar-refractivity contribution in [3.8, 4) is 11.8 Å². The van der Waals surface area contributed by atoms with Gasteiger partial charge in [0, 0.05) is 0 Å². The quantitative estimate of drug-likeness (QED) is 0.796. The number of nitrogens with zero attached hydrogens (tertiary/aromatic N) is 2. The highest BCUT2D eigenvalue weighted by atomic mass is 19.1. The molecule has 1 atom stereocenters. The molecule has 0 spiro atoms. The van der Waals surface area contributed by atoms with Crippen LogP contribution < -0.4 is 10.1 Å². The Morgan fingerprint density at radius 3 is 2.63 bits per heavy atom. The first-order valence-electron chi connectivity index (χ1n) is 8.53. The third-order valence-corrected chi connectivity index (χ3v) is 4.59. The van der Waals surface area contributed by atoms with Crippen LogP contribution in [0.3, 0.4) is 0 Å². The van der Waals surface area contributed by atoms with Gasteiger partial charge in [-0.15, -0.1) is 0 Å². The molecule has 0 aromatic heterocycles. The van der Waals surface area contributed by atoms with Gasteiger partial charge in [-0.3, -0.25) is 9.69 Å². The lowest BCUT2D eigenvalue weighted by Crippen LogP contribution is -2.43. The van der Waals surface area contributed by atoms with E-state index in [-0.39, 0.29) is 13.2 Å². The van der Waals surface area contributed by atoms with Crippen LogP contribution in [-0.2, 0) is 10.3 Å². The Bertz CT molecular complexity index is 907. The van der Waals surface area contributed by atoms with Crippen LogP contribution in [0.5, 0.6) is 5.75 Å². The third kappa shape index (κ3) is 3.47. The van der Waals surface area contributed by atoms with Gasteiger partial charge in [0.05, 0.1) is 18.2 Å². The molecule has 3 amide bonds. The van der Waals surface area contributed by atoms with Gasteiger partial charge in [0.2, 0.25) is 0 Å². The van der Waals surface area contributed by atoms with E-state index in [0.29, 0.717) is 23.3 Å². The monoisotopic (exact) mass is 367 g/mol. The van der Waals surface area contributed by atoms with Gasteiger partial charge in [-0.1, -0.05) is 25.1 Å². The molecular weight excluding hydrogens is 349 g/mol. The van der Waals surface area contributed by atoms with Gasteiger partial charge >= 0.3 is 6.03 Å². The normalized spacial score (nSPS) is 18.9. The molecular formula is C20H18FN3O3. The third-order valence-electron chi connectivity index (χ3n) is 4.59. The number of rotatable bonds is 6. The lowest BCUT2D eigenvalue weighted by Gasteiger charge is -2.25. The summed E-state index contributed by atoms with van der Waals surface area (Å²) in [5.74, 6) is -0.316. The smallest absolute Gasteiger partial charge is 0.325 e. The van der Waals surface area contributed by atoms with Gasteiger partial charge < -0.3 is 10.1 Å². The van der Waals surface area contributed by atoms with Gasteiger partial charge in [-0.25, -0.2) is 9.18 Å². The van der Waals surface area contributed by atoms with Gasteiger partial charge in [0.15, 0.2) is 0 Å². The summed E-state index contributed by atoms with van der Waals surface area (Å²) in [5, 5.41) is 11.6. The minimum atomic E-state index is -1.20. The fourth-order valence-corrected chi connectivity index (χ4v) is 3.11. The molecule has 3 rings (SSSR count). The molecule has 0 radical (unpaired) electrons. The van der Waals surface area contributed by atoms with Crippen molar-refractivity contribution in [1.82, 2.24) is 10.2 Å². The summed E-state index contributed by atoms with van der Waals surface area (Å²) in [6.07, 6.45) is 0.338. The number of imide groups is 1. The van der Waals surface area contributed by atoms with Crippen LogP contribution in [-0.4, -0.2) is 30.0 Å². The standard InChI is InChI=1S/C20H18FN3O3/c1-2-20(15-6-8-16(21)9-7-15)18(25)24(19(26)23-20)10-11-27-17-5-3-4-14(12-17)13-22/h3-9,12H,2,10-11H2,1H3,(H,23,26)/t20-/m1/s1. The highest BCUT2D eigenvalue weighted by Gasteiger charge is 2.51. The number of benzene rings is 2. The average molecular weight is 367 g/mol. The van der Waals surface area contributed by atoms with Crippen LogP contribution in [0.1, 0.15) is 24.5 Å². The summed E-state index contributed by atoms with van der Waals surface area (Å²) in [6.45, 7) is 1.94. The highest BCUT2D eigenvalue weighted by molar-refractivity contribution is 6.07. The number of amides is 3. The Morgan fingerprint density at radius 1 is 1.22 bits per heavy atom. The van der Waals surface area contributed by atoms with Crippen molar-refractivity contribution in [2.75, 3.05) is 13.2 Å². The van der Waals surface area contributed by atoms with Gasteiger partial charge in [-0.2, -0.15) is 5.26 Å². The minimum absolute atomic E-state index is 0.0599. The SMILES string of the molecule is CC[C@]1(c2ccc(F)cc2)NC(=O)N(CCOc2cccc(C#N)c2)C1=O. The second-order valence-electron chi connectivity index (χ2n) is 6.14. The van der Waals surface area contributed by atoms with Crippen LogP contribution in [0, 0.1) is 17.1 Å². The van der Waals surface area contributed by atoms with Crippen molar-refractivity contribution in [2.45, 2.75) is 18.9 Å². The zero-order chi connectivity index (χ0) is 19.4. The van der Waals surface area contributed by atoms with Crippen molar-refractivity contribution in [1.29, 1.82) is 5.26 Å². The molecule has 2 aromatic carbocycles. The maximum Gasteiger partial charge on any atom is 0.325 e. The number of carbonyl (C=O) groups is 2. The number of carbonyl (C=O) groups excluding carboxylic acids is 2. The molecule has 0 aliphatic carbocycles. The molecule has 138 valence electrons. The van der Waals surface area contributed by atoms with Crippen molar-refractivity contribution in [3.05, 3.63) is 65.5 Å². The Hall–Kier alpha value is -3.40. The number of hydrogen-bond donors (Lipinski definition) is 1. The molecule has 1 heterocycles. The molecule has 27 heavy (non-hydrogen) atoms. The van der Waals surface area contributed by atoms with E-state index in [1.807, 2.05) is 6.07 Å². The molecule has 1 aliphatic rings. The van der Waals surface area contributed by atoms with E-state index >= 15 is 0 Å². The zero-order valence-corrected chi connectivity index (χ0v) is 14.7. The van der Waals surface area contributed by atoms with E-state index in [1.165, 1.54) is 24.3 Å². The average Bonchev–Trinajstić information content (AvgIpc) is 2.93. The largest absolute Gasteiger partial charge is 0.492 e. The van der Waals surface area contributed by atoms with E-state index in [0.717, 1.165) is 4.90 Å². The molecule has 1 saturated heterocycles. The van der Waals surface area contributed by atoms with E-state index in [4.69, 9.17) is 10.00 Å². The Morgan fingerprint density at radius 2 is 1.96 bits per heavy atom. The molecule has 0 unspecified atom stereocenters. The number of halogens is 1. The molecule has 1 aliphatic heterocycles. The summed E-state index contributed by atoms with van der Waals surface area (Å²) < 4.78 is 18.8. The lowest BCUT2D eigenvalue weighted by atomic mass is 9.87. The van der Waals surface area contributed by atoms with E-state index in [2.05, 4.69) is 5.32 Å². The molecule has 2 aromatic rings. The maximum atomic E-state index is 13.2. The van der Waals surface area contributed by atoms with Crippen molar-refractivity contribution >= 4 is 11.9 Å². The molecule has 0 bridgehead atoms. The number of hydrogen-bond acceptors (Lipinski definition) is 4. The first-order chi connectivity index (χ1) is 13.0. The second kappa shape index (κ2) is 7.46. The summed E-state index contributed by atoms with van der Waals surface area (Å²) in [6, 6.07) is 13.7. The van der Waals surface area contributed by atoms with E-state index < -0.39 is 23.3 Å². The van der Waals surface area contributed by atoms with Crippen LogP contribution in [0.25, 0.3) is 0 Å². The minimum Gasteiger partial charge on any atom is -0.492 e. The predicted octanol–water partition coefficient (Wildman–Crippen LogP) is 2.93. The summed E-state index contributed by atoms with van der Waals surface area (Å²) >= 11 is 0. The molecule has 0 saturated carbocycles. The number of ether oxygens (including phenoxy) is 1. The summed E-state index contributed by atoms with van der Waals surface area (Å²) in [7, 11) is 0. The Balaban J connectivity index is 1.71. The maximum absolute atomic E-state index is 13.2. The van der Waals surface area contributed by atoms with Crippen molar-refractivity contribution < 1.29 is 18.7 Å². The Labute approximate surface area is 156 Å². The molecule has 7 heteroatoms. The number of urea groups is 1. The zero-order valence-electron chi connectivity index (χ0n) is 14.7. The lowest BCUT2D eigenvalue weighted by molar-refractivity contribution is -0.132. The van der Waals surface area contributed by atoms with Gasteiger partial charge in [-0.05, 0) is 42.3 Å². The Kier molecular flexibility index (Phi) is 5.08. The highest BCUT2D eigenvalue weighted by Crippen LogP contribution is 2.32. The fraction of sp³-hybridized carbons (Fsp3) is 0.250. The van der Waals surface area contributed by atoms with Crippen LogP contribution in [0.15, 0.2) is 48.5 Å². The first-order valence-corrected chi connectivity index (χ1v) is 8.53. The molecule has 6 nitrogen and oxygen atoms in total. The number of nitrogens with one attached hydrogen (secondary N) is 1.